The van der Waals surface area contributed by atoms with Gasteiger partial charge in [0.05, 0.1) is 19.9 Å². The Bertz CT molecular complexity index is 1080. The zero-order valence-corrected chi connectivity index (χ0v) is 13.8. The van der Waals surface area contributed by atoms with Crippen molar-refractivity contribution < 1.29 is 4.74 Å². The molecule has 0 atom stereocenters. The second kappa shape index (κ2) is 6.28. The molecule has 0 bridgehead atoms. The SMILES string of the molecule is COc1cccc(Cn2ccc3cc(-c4cn[nH]c4)ccc3c2=O)c1. The number of benzene rings is 2. The summed E-state index contributed by atoms with van der Waals surface area (Å²) in [7, 11) is 1.64. The first-order valence-corrected chi connectivity index (χ1v) is 8.00. The normalized spacial score (nSPS) is 10.9. The fraction of sp³-hybridized carbons (Fsp3) is 0.100. The van der Waals surface area contributed by atoms with Crippen LogP contribution in [0.2, 0.25) is 0 Å². The number of ether oxygens (including phenoxy) is 1. The number of rotatable bonds is 4. The van der Waals surface area contributed by atoms with Crippen molar-refractivity contribution in [2.24, 2.45) is 0 Å². The second-order valence-electron chi connectivity index (χ2n) is 5.89. The molecule has 0 spiro atoms. The molecule has 0 saturated heterocycles. The lowest BCUT2D eigenvalue weighted by Crippen LogP contribution is -2.20. The number of nitrogens with one attached hydrogen (secondary N) is 1. The van der Waals surface area contributed by atoms with Crippen LogP contribution in [0.4, 0.5) is 0 Å². The highest BCUT2D eigenvalue weighted by Gasteiger charge is 2.06. The Morgan fingerprint density at radius 1 is 1.12 bits per heavy atom. The van der Waals surface area contributed by atoms with Crippen LogP contribution >= 0.6 is 0 Å². The van der Waals surface area contributed by atoms with E-state index in [1.165, 1.54) is 0 Å². The molecule has 2 heterocycles. The van der Waals surface area contributed by atoms with Crippen LogP contribution in [0.25, 0.3) is 21.9 Å². The molecule has 0 saturated carbocycles. The van der Waals surface area contributed by atoms with E-state index in [1.807, 2.05) is 60.9 Å². The predicted octanol–water partition coefficient (Wildman–Crippen LogP) is 3.45. The van der Waals surface area contributed by atoms with Gasteiger partial charge in [0.1, 0.15) is 5.75 Å². The van der Waals surface area contributed by atoms with E-state index in [4.69, 9.17) is 4.74 Å². The van der Waals surface area contributed by atoms with E-state index >= 15 is 0 Å². The number of aromatic nitrogens is 3. The number of hydrogen-bond donors (Lipinski definition) is 1. The standard InChI is InChI=1S/C20H17N3O2/c1-25-18-4-2-3-14(9-18)13-23-8-7-16-10-15(17-11-21-22-12-17)5-6-19(16)20(23)24/h2-12H,13H2,1H3,(H,21,22). The maximum absolute atomic E-state index is 12.8. The lowest BCUT2D eigenvalue weighted by molar-refractivity contribution is 0.414. The summed E-state index contributed by atoms with van der Waals surface area (Å²) < 4.78 is 6.96. The Morgan fingerprint density at radius 3 is 2.84 bits per heavy atom. The van der Waals surface area contributed by atoms with Crippen LogP contribution in [0.5, 0.6) is 5.75 Å². The molecule has 4 aromatic rings. The van der Waals surface area contributed by atoms with Gasteiger partial charge in [0.25, 0.3) is 5.56 Å². The summed E-state index contributed by atoms with van der Waals surface area (Å²) in [5.74, 6) is 0.788. The highest BCUT2D eigenvalue weighted by Crippen LogP contribution is 2.22. The first-order chi connectivity index (χ1) is 12.2. The summed E-state index contributed by atoms with van der Waals surface area (Å²) in [6, 6.07) is 15.6. The summed E-state index contributed by atoms with van der Waals surface area (Å²) in [5.41, 5.74) is 3.06. The topological polar surface area (TPSA) is 59.9 Å². The van der Waals surface area contributed by atoms with Gasteiger partial charge >= 0.3 is 0 Å². The molecule has 0 unspecified atom stereocenters. The zero-order chi connectivity index (χ0) is 17.2. The fourth-order valence-corrected chi connectivity index (χ4v) is 2.97. The summed E-state index contributed by atoms with van der Waals surface area (Å²) in [5, 5.41) is 8.41. The third kappa shape index (κ3) is 2.92. The van der Waals surface area contributed by atoms with Gasteiger partial charge in [-0.3, -0.25) is 9.89 Å². The Hall–Kier alpha value is -3.34. The Kier molecular flexibility index (Phi) is 3.82. The van der Waals surface area contributed by atoms with Gasteiger partial charge in [0, 0.05) is 23.3 Å². The minimum absolute atomic E-state index is 0.000867. The number of methoxy groups -OCH3 is 1. The van der Waals surface area contributed by atoms with Gasteiger partial charge in [0.15, 0.2) is 0 Å². The number of aromatic amines is 1. The molecule has 2 aromatic heterocycles. The van der Waals surface area contributed by atoms with E-state index in [0.717, 1.165) is 27.8 Å². The number of hydrogen-bond acceptors (Lipinski definition) is 3. The van der Waals surface area contributed by atoms with E-state index in [9.17, 15) is 4.79 Å². The molecule has 0 aliphatic heterocycles. The van der Waals surface area contributed by atoms with Crippen LogP contribution in [-0.2, 0) is 6.54 Å². The largest absolute Gasteiger partial charge is 0.497 e. The number of H-pyrrole nitrogens is 1. The Morgan fingerprint density at radius 2 is 2.04 bits per heavy atom. The lowest BCUT2D eigenvalue weighted by Gasteiger charge is -2.09. The second-order valence-corrected chi connectivity index (χ2v) is 5.89. The average molecular weight is 331 g/mol. The summed E-state index contributed by atoms with van der Waals surface area (Å²) >= 11 is 0. The van der Waals surface area contributed by atoms with Crippen LogP contribution in [0.15, 0.2) is 71.9 Å². The maximum Gasteiger partial charge on any atom is 0.258 e. The summed E-state index contributed by atoms with van der Waals surface area (Å²) in [6.45, 7) is 0.509. The minimum atomic E-state index is -0.000867. The fourth-order valence-electron chi connectivity index (χ4n) is 2.97. The molecule has 0 amide bonds. The molecule has 5 nitrogen and oxygen atoms in total. The lowest BCUT2D eigenvalue weighted by atomic mass is 10.0. The average Bonchev–Trinajstić information content (AvgIpc) is 3.19. The van der Waals surface area contributed by atoms with E-state index in [0.29, 0.717) is 11.9 Å². The quantitative estimate of drug-likeness (QED) is 0.623. The first-order valence-electron chi connectivity index (χ1n) is 8.00. The summed E-state index contributed by atoms with van der Waals surface area (Å²) in [4.78, 5) is 12.8. The van der Waals surface area contributed by atoms with Gasteiger partial charge in [0.2, 0.25) is 0 Å². The minimum Gasteiger partial charge on any atom is -0.497 e. The smallest absolute Gasteiger partial charge is 0.258 e. The Balaban J connectivity index is 1.72. The maximum atomic E-state index is 12.8. The van der Waals surface area contributed by atoms with Crippen LogP contribution in [-0.4, -0.2) is 21.9 Å². The van der Waals surface area contributed by atoms with Gasteiger partial charge in [-0.25, -0.2) is 0 Å². The molecule has 0 radical (unpaired) electrons. The third-order valence-corrected chi connectivity index (χ3v) is 4.30. The number of nitrogens with zero attached hydrogens (tertiary/aromatic N) is 2. The van der Waals surface area contributed by atoms with Crippen molar-refractivity contribution in [3.63, 3.8) is 0 Å². The van der Waals surface area contributed by atoms with Crippen molar-refractivity contribution in [2.75, 3.05) is 7.11 Å². The monoisotopic (exact) mass is 331 g/mol. The van der Waals surface area contributed by atoms with Gasteiger partial charge in [-0.1, -0.05) is 18.2 Å². The van der Waals surface area contributed by atoms with Crippen LogP contribution in [0.3, 0.4) is 0 Å². The molecule has 25 heavy (non-hydrogen) atoms. The van der Waals surface area contributed by atoms with Crippen LogP contribution < -0.4 is 10.3 Å². The van der Waals surface area contributed by atoms with Crippen molar-refractivity contribution in [1.29, 1.82) is 0 Å². The van der Waals surface area contributed by atoms with Crippen molar-refractivity contribution >= 4 is 10.8 Å². The van der Waals surface area contributed by atoms with E-state index in [-0.39, 0.29) is 5.56 Å². The number of fused-ring (bicyclic) bond motifs is 1. The molecule has 5 heteroatoms. The summed E-state index contributed by atoms with van der Waals surface area (Å²) in [6.07, 6.45) is 5.44. The van der Waals surface area contributed by atoms with E-state index in [2.05, 4.69) is 10.2 Å². The van der Waals surface area contributed by atoms with Gasteiger partial charge in [-0.05, 0) is 46.8 Å². The molecule has 0 aliphatic rings. The highest BCUT2D eigenvalue weighted by molar-refractivity contribution is 5.86. The molecule has 124 valence electrons. The van der Waals surface area contributed by atoms with E-state index < -0.39 is 0 Å². The van der Waals surface area contributed by atoms with Gasteiger partial charge < -0.3 is 9.30 Å². The van der Waals surface area contributed by atoms with Gasteiger partial charge in [-0.15, -0.1) is 0 Å². The molecular formula is C20H17N3O2. The highest BCUT2D eigenvalue weighted by atomic mass is 16.5. The van der Waals surface area contributed by atoms with Crippen molar-refractivity contribution in [3.8, 4) is 16.9 Å². The third-order valence-electron chi connectivity index (χ3n) is 4.30. The zero-order valence-electron chi connectivity index (χ0n) is 13.8. The molecule has 2 aromatic carbocycles. The van der Waals surface area contributed by atoms with Gasteiger partial charge in [-0.2, -0.15) is 5.10 Å². The molecule has 0 fully saturated rings. The van der Waals surface area contributed by atoms with Crippen molar-refractivity contribution in [3.05, 3.63) is 83.0 Å². The molecular weight excluding hydrogens is 314 g/mol. The first kappa shape index (κ1) is 15.2. The van der Waals surface area contributed by atoms with Crippen LogP contribution in [0, 0.1) is 0 Å². The molecule has 0 aliphatic carbocycles. The Labute approximate surface area is 144 Å². The number of pyridine rings is 1. The molecule has 1 N–H and O–H groups in total. The van der Waals surface area contributed by atoms with Crippen molar-refractivity contribution in [2.45, 2.75) is 6.54 Å². The van der Waals surface area contributed by atoms with Crippen molar-refractivity contribution in [1.82, 2.24) is 14.8 Å². The van der Waals surface area contributed by atoms with Crippen LogP contribution in [0.1, 0.15) is 5.56 Å². The predicted molar refractivity (Wildman–Crippen MR) is 97.9 cm³/mol. The van der Waals surface area contributed by atoms with E-state index in [1.54, 1.807) is 17.9 Å². The molecule has 4 rings (SSSR count).